The highest BCUT2D eigenvalue weighted by Gasteiger charge is 2.20. The Morgan fingerprint density at radius 3 is 2.44 bits per heavy atom. The third kappa shape index (κ3) is 4.61. The Morgan fingerprint density at radius 1 is 1.25 bits per heavy atom. The van der Waals surface area contributed by atoms with Crippen LogP contribution in [0.5, 0.6) is 0 Å². The van der Waals surface area contributed by atoms with Crippen LogP contribution in [-0.2, 0) is 14.3 Å². The molecule has 92 valence electrons. The van der Waals surface area contributed by atoms with Crippen molar-refractivity contribution in [3.05, 3.63) is 0 Å². The highest BCUT2D eigenvalue weighted by molar-refractivity contribution is 5.74. The molecular formula is C11H18O5. The molecule has 16 heavy (non-hydrogen) atoms. The number of ether oxygens (including phenoxy) is 1. The maximum absolute atomic E-state index is 11.3. The summed E-state index contributed by atoms with van der Waals surface area (Å²) in [5.41, 5.74) is 0. The van der Waals surface area contributed by atoms with Crippen molar-refractivity contribution in [2.24, 2.45) is 0 Å². The number of esters is 1. The van der Waals surface area contributed by atoms with Crippen LogP contribution in [0.25, 0.3) is 0 Å². The van der Waals surface area contributed by atoms with E-state index < -0.39 is 18.0 Å². The van der Waals surface area contributed by atoms with Gasteiger partial charge in [0.15, 0.2) is 6.10 Å². The van der Waals surface area contributed by atoms with Gasteiger partial charge in [-0.3, -0.25) is 4.79 Å². The van der Waals surface area contributed by atoms with Gasteiger partial charge in [-0.2, -0.15) is 0 Å². The largest absolute Gasteiger partial charge is 0.479 e. The van der Waals surface area contributed by atoms with Gasteiger partial charge in [0, 0.05) is 6.42 Å². The fraction of sp³-hybridized carbons (Fsp3) is 0.818. The second-order valence-electron chi connectivity index (χ2n) is 4.14. The van der Waals surface area contributed by atoms with E-state index in [1.165, 1.54) is 6.42 Å². The Morgan fingerprint density at radius 2 is 1.88 bits per heavy atom. The minimum absolute atomic E-state index is 0.0109. The van der Waals surface area contributed by atoms with Crippen molar-refractivity contribution in [3.8, 4) is 0 Å². The average Bonchev–Trinajstić information content (AvgIpc) is 2.27. The molecule has 0 radical (unpaired) electrons. The molecule has 0 amide bonds. The van der Waals surface area contributed by atoms with Gasteiger partial charge in [0.2, 0.25) is 0 Å². The number of aliphatic hydroxyl groups is 1. The van der Waals surface area contributed by atoms with Crippen molar-refractivity contribution in [3.63, 3.8) is 0 Å². The van der Waals surface area contributed by atoms with Crippen LogP contribution in [0.1, 0.15) is 44.9 Å². The Labute approximate surface area is 94.4 Å². The van der Waals surface area contributed by atoms with Crippen molar-refractivity contribution in [2.45, 2.75) is 57.2 Å². The number of aliphatic carboxylic acids is 1. The zero-order valence-corrected chi connectivity index (χ0v) is 9.22. The number of rotatable bonds is 5. The molecular weight excluding hydrogens is 212 g/mol. The number of hydrogen-bond donors (Lipinski definition) is 2. The lowest BCUT2D eigenvalue weighted by Gasteiger charge is -2.21. The first kappa shape index (κ1) is 13.0. The van der Waals surface area contributed by atoms with Crippen molar-refractivity contribution in [1.82, 2.24) is 0 Å². The predicted octanol–water partition coefficient (Wildman–Crippen LogP) is 1.09. The molecule has 0 saturated heterocycles. The number of carboxylic acids is 1. The molecule has 0 spiro atoms. The molecule has 5 heteroatoms. The average molecular weight is 230 g/mol. The van der Waals surface area contributed by atoms with Crippen LogP contribution in [0.15, 0.2) is 0 Å². The first-order valence-electron chi connectivity index (χ1n) is 5.70. The van der Waals surface area contributed by atoms with Crippen LogP contribution >= 0.6 is 0 Å². The summed E-state index contributed by atoms with van der Waals surface area (Å²) < 4.78 is 5.18. The molecule has 0 unspecified atom stereocenters. The smallest absolute Gasteiger partial charge is 0.332 e. The van der Waals surface area contributed by atoms with Gasteiger partial charge in [-0.1, -0.05) is 6.42 Å². The maximum atomic E-state index is 11.3. The van der Waals surface area contributed by atoms with Crippen LogP contribution in [0.4, 0.5) is 0 Å². The van der Waals surface area contributed by atoms with Crippen LogP contribution in [0, 0.1) is 0 Å². The molecule has 1 saturated carbocycles. The predicted molar refractivity (Wildman–Crippen MR) is 55.8 cm³/mol. The fourth-order valence-corrected chi connectivity index (χ4v) is 1.81. The molecule has 0 aromatic rings. The fourth-order valence-electron chi connectivity index (χ4n) is 1.81. The van der Waals surface area contributed by atoms with Gasteiger partial charge in [0.05, 0.1) is 0 Å². The van der Waals surface area contributed by atoms with Gasteiger partial charge < -0.3 is 14.9 Å². The molecule has 0 heterocycles. The molecule has 0 aromatic heterocycles. The number of carboxylic acid groups (broad SMARTS) is 1. The quantitative estimate of drug-likeness (QED) is 0.691. The standard InChI is InChI=1S/C11H18O5/c12-9(11(14)15)6-7-10(13)16-8-4-2-1-3-5-8/h8-9,12H,1-7H2,(H,14,15)/t9-/m0/s1. The first-order valence-corrected chi connectivity index (χ1v) is 5.70. The van der Waals surface area contributed by atoms with Gasteiger partial charge in [-0.05, 0) is 32.1 Å². The van der Waals surface area contributed by atoms with E-state index in [0.717, 1.165) is 25.7 Å². The number of carbonyl (C=O) groups is 2. The lowest BCUT2D eigenvalue weighted by molar-refractivity contribution is -0.152. The van der Waals surface area contributed by atoms with Crippen molar-refractivity contribution < 1.29 is 24.5 Å². The summed E-state index contributed by atoms with van der Waals surface area (Å²) in [7, 11) is 0. The van der Waals surface area contributed by atoms with Crippen molar-refractivity contribution in [2.75, 3.05) is 0 Å². The lowest BCUT2D eigenvalue weighted by atomic mass is 9.98. The summed E-state index contributed by atoms with van der Waals surface area (Å²) in [5.74, 6) is -1.71. The summed E-state index contributed by atoms with van der Waals surface area (Å²) in [6.07, 6.45) is 3.53. The van der Waals surface area contributed by atoms with E-state index in [1.54, 1.807) is 0 Å². The van der Waals surface area contributed by atoms with Crippen molar-refractivity contribution in [1.29, 1.82) is 0 Å². The van der Waals surface area contributed by atoms with Crippen LogP contribution < -0.4 is 0 Å². The Kier molecular flexibility index (Phi) is 5.25. The normalized spacial score (nSPS) is 19.1. The van der Waals surface area contributed by atoms with E-state index >= 15 is 0 Å². The summed E-state index contributed by atoms with van der Waals surface area (Å²) in [4.78, 5) is 21.6. The van der Waals surface area contributed by atoms with Gasteiger partial charge in [0.1, 0.15) is 6.10 Å². The van der Waals surface area contributed by atoms with E-state index in [0.29, 0.717) is 0 Å². The summed E-state index contributed by atoms with van der Waals surface area (Å²) in [6, 6.07) is 0. The molecule has 1 atom stereocenters. The SMILES string of the molecule is O=C(CC[C@H](O)C(=O)O)OC1CCCCC1. The van der Waals surface area contributed by atoms with E-state index in [4.69, 9.17) is 14.9 Å². The van der Waals surface area contributed by atoms with E-state index in [9.17, 15) is 9.59 Å². The Balaban J connectivity index is 2.17. The van der Waals surface area contributed by atoms with Gasteiger partial charge in [-0.15, -0.1) is 0 Å². The Bertz CT molecular complexity index is 245. The molecule has 1 aliphatic rings. The molecule has 1 aliphatic carbocycles. The zero-order chi connectivity index (χ0) is 12.0. The Hall–Kier alpha value is -1.10. The monoisotopic (exact) mass is 230 g/mol. The van der Waals surface area contributed by atoms with Crippen LogP contribution in [0.3, 0.4) is 0 Å². The molecule has 1 rings (SSSR count). The zero-order valence-electron chi connectivity index (χ0n) is 9.22. The molecule has 5 nitrogen and oxygen atoms in total. The first-order chi connectivity index (χ1) is 7.59. The molecule has 0 bridgehead atoms. The van der Waals surface area contributed by atoms with E-state index in [2.05, 4.69) is 0 Å². The second kappa shape index (κ2) is 6.48. The second-order valence-corrected chi connectivity index (χ2v) is 4.14. The van der Waals surface area contributed by atoms with Crippen LogP contribution in [0.2, 0.25) is 0 Å². The molecule has 2 N–H and O–H groups in total. The lowest BCUT2D eigenvalue weighted by Crippen LogP contribution is -2.24. The van der Waals surface area contributed by atoms with E-state index in [-0.39, 0.29) is 18.9 Å². The van der Waals surface area contributed by atoms with Gasteiger partial charge in [-0.25, -0.2) is 4.79 Å². The van der Waals surface area contributed by atoms with Crippen molar-refractivity contribution >= 4 is 11.9 Å². The van der Waals surface area contributed by atoms with Crippen LogP contribution in [-0.4, -0.2) is 34.4 Å². The maximum Gasteiger partial charge on any atom is 0.332 e. The highest BCUT2D eigenvalue weighted by atomic mass is 16.5. The molecule has 1 fully saturated rings. The minimum atomic E-state index is -1.47. The molecule has 0 aromatic carbocycles. The van der Waals surface area contributed by atoms with Gasteiger partial charge in [0.25, 0.3) is 0 Å². The highest BCUT2D eigenvalue weighted by Crippen LogP contribution is 2.20. The molecule has 0 aliphatic heterocycles. The van der Waals surface area contributed by atoms with Gasteiger partial charge >= 0.3 is 11.9 Å². The van der Waals surface area contributed by atoms with E-state index in [1.807, 2.05) is 0 Å². The number of aliphatic hydroxyl groups excluding tert-OH is 1. The summed E-state index contributed by atoms with van der Waals surface area (Å²) >= 11 is 0. The topological polar surface area (TPSA) is 83.8 Å². The summed E-state index contributed by atoms with van der Waals surface area (Å²) in [6.45, 7) is 0. The summed E-state index contributed by atoms with van der Waals surface area (Å²) in [5, 5.41) is 17.4. The number of hydrogen-bond acceptors (Lipinski definition) is 4. The third-order valence-corrected chi connectivity index (χ3v) is 2.76. The number of carbonyl (C=O) groups excluding carboxylic acids is 1. The third-order valence-electron chi connectivity index (χ3n) is 2.76. The minimum Gasteiger partial charge on any atom is -0.479 e.